The fourth-order valence-corrected chi connectivity index (χ4v) is 1.23. The van der Waals surface area contributed by atoms with Crippen molar-refractivity contribution < 1.29 is 9.53 Å². The third kappa shape index (κ3) is 4.04. The Kier molecular flexibility index (Phi) is 5.09. The van der Waals surface area contributed by atoms with Gasteiger partial charge in [-0.2, -0.15) is 15.0 Å². The molecule has 0 fully saturated rings. The molecule has 8 heteroatoms. The number of aromatic nitrogens is 3. The fraction of sp³-hybridized carbons (Fsp3) is 0.600. The molecule has 1 amide bonds. The number of nitrogens with two attached hydrogens (primary N) is 1. The fourth-order valence-electron chi connectivity index (χ4n) is 1.23. The minimum atomic E-state index is -0.0997. The summed E-state index contributed by atoms with van der Waals surface area (Å²) >= 11 is 0. The van der Waals surface area contributed by atoms with E-state index in [4.69, 9.17) is 10.5 Å². The van der Waals surface area contributed by atoms with E-state index in [1.165, 1.54) is 7.11 Å². The lowest BCUT2D eigenvalue weighted by Gasteiger charge is -2.16. The van der Waals surface area contributed by atoms with Gasteiger partial charge in [-0.1, -0.05) is 6.92 Å². The van der Waals surface area contributed by atoms with Gasteiger partial charge in [-0.15, -0.1) is 0 Å². The van der Waals surface area contributed by atoms with Crippen molar-refractivity contribution in [1.82, 2.24) is 20.3 Å². The highest BCUT2D eigenvalue weighted by molar-refractivity contribution is 5.80. The number of nitrogens with one attached hydrogen (secondary N) is 1. The van der Waals surface area contributed by atoms with E-state index in [-0.39, 0.29) is 24.4 Å². The van der Waals surface area contributed by atoms with Gasteiger partial charge in [0.15, 0.2) is 0 Å². The predicted molar refractivity (Wildman–Crippen MR) is 67.4 cm³/mol. The van der Waals surface area contributed by atoms with Crippen LogP contribution < -0.4 is 20.7 Å². The Labute approximate surface area is 106 Å². The van der Waals surface area contributed by atoms with Crippen molar-refractivity contribution in [1.29, 1.82) is 0 Å². The van der Waals surface area contributed by atoms with Crippen molar-refractivity contribution in [3.05, 3.63) is 0 Å². The van der Waals surface area contributed by atoms with E-state index < -0.39 is 0 Å². The summed E-state index contributed by atoms with van der Waals surface area (Å²) in [5.74, 6) is 0.251. The molecule has 0 saturated heterocycles. The highest BCUT2D eigenvalue weighted by Crippen LogP contribution is 2.11. The van der Waals surface area contributed by atoms with Gasteiger partial charge in [-0.05, 0) is 6.42 Å². The zero-order valence-electron chi connectivity index (χ0n) is 10.8. The molecular weight excluding hydrogens is 236 g/mol. The van der Waals surface area contributed by atoms with Crippen LogP contribution in [0.5, 0.6) is 6.01 Å². The van der Waals surface area contributed by atoms with Crippen LogP contribution in [-0.4, -0.2) is 48.1 Å². The van der Waals surface area contributed by atoms with Crippen LogP contribution in [0.3, 0.4) is 0 Å². The number of nitrogens with zero attached hydrogens (tertiary/aromatic N) is 4. The number of ether oxygens (including phenoxy) is 1. The number of carbonyl (C=O) groups excluding carboxylic acids is 1. The second-order valence-corrected chi connectivity index (χ2v) is 3.69. The van der Waals surface area contributed by atoms with Crippen LogP contribution in [0, 0.1) is 0 Å². The molecule has 0 aromatic carbocycles. The molecule has 0 atom stereocenters. The number of hydrogen-bond acceptors (Lipinski definition) is 7. The minimum Gasteiger partial charge on any atom is -0.467 e. The maximum Gasteiger partial charge on any atom is 0.322 e. The summed E-state index contributed by atoms with van der Waals surface area (Å²) in [5, 5.41) is 2.76. The molecule has 3 N–H and O–H groups in total. The van der Waals surface area contributed by atoms with Crippen LogP contribution in [0.4, 0.5) is 11.9 Å². The number of rotatable bonds is 6. The number of methoxy groups -OCH3 is 1. The predicted octanol–water partition coefficient (Wildman–Crippen LogP) is -0.575. The normalized spacial score (nSPS) is 9.94. The summed E-state index contributed by atoms with van der Waals surface area (Å²) in [6.07, 6.45) is 0.891. The van der Waals surface area contributed by atoms with Crippen LogP contribution in [0.25, 0.3) is 0 Å². The second-order valence-electron chi connectivity index (χ2n) is 3.69. The number of nitrogen functional groups attached to an aromatic ring is 1. The molecule has 0 unspecified atom stereocenters. The van der Waals surface area contributed by atoms with E-state index in [0.29, 0.717) is 12.5 Å². The first kappa shape index (κ1) is 13.9. The molecular formula is C10H18N6O2. The molecule has 0 bridgehead atoms. The molecule has 0 aliphatic rings. The third-order valence-electron chi connectivity index (χ3n) is 2.10. The molecule has 1 rings (SSSR count). The summed E-state index contributed by atoms with van der Waals surface area (Å²) in [4.78, 5) is 24.8. The van der Waals surface area contributed by atoms with Crippen molar-refractivity contribution in [2.75, 3.05) is 37.9 Å². The average molecular weight is 254 g/mol. The lowest BCUT2D eigenvalue weighted by atomic mass is 10.4. The van der Waals surface area contributed by atoms with Crippen molar-refractivity contribution in [3.63, 3.8) is 0 Å². The van der Waals surface area contributed by atoms with E-state index in [0.717, 1.165) is 6.42 Å². The van der Waals surface area contributed by atoms with Gasteiger partial charge in [0, 0.05) is 13.6 Å². The maximum absolute atomic E-state index is 11.5. The quantitative estimate of drug-likeness (QED) is 0.699. The van der Waals surface area contributed by atoms with Crippen LogP contribution in [0.15, 0.2) is 0 Å². The minimum absolute atomic E-state index is 0.0534. The molecule has 0 radical (unpaired) electrons. The van der Waals surface area contributed by atoms with Crippen molar-refractivity contribution in [2.24, 2.45) is 0 Å². The molecule has 1 heterocycles. The van der Waals surface area contributed by atoms with Gasteiger partial charge >= 0.3 is 6.01 Å². The Morgan fingerprint density at radius 1 is 1.44 bits per heavy atom. The van der Waals surface area contributed by atoms with Gasteiger partial charge in [0.1, 0.15) is 0 Å². The molecule has 0 aliphatic heterocycles. The van der Waals surface area contributed by atoms with Crippen LogP contribution in [0.2, 0.25) is 0 Å². The Morgan fingerprint density at radius 2 is 2.17 bits per heavy atom. The van der Waals surface area contributed by atoms with E-state index in [9.17, 15) is 4.79 Å². The zero-order valence-corrected chi connectivity index (χ0v) is 10.8. The van der Waals surface area contributed by atoms with Gasteiger partial charge in [-0.25, -0.2) is 0 Å². The Balaban J connectivity index is 2.68. The highest BCUT2D eigenvalue weighted by Gasteiger charge is 2.12. The maximum atomic E-state index is 11.5. The van der Waals surface area contributed by atoms with Crippen molar-refractivity contribution >= 4 is 17.8 Å². The van der Waals surface area contributed by atoms with Gasteiger partial charge in [0.25, 0.3) is 0 Å². The molecule has 100 valence electrons. The van der Waals surface area contributed by atoms with Crippen LogP contribution >= 0.6 is 0 Å². The summed E-state index contributed by atoms with van der Waals surface area (Å²) in [6.45, 7) is 2.78. The number of carbonyl (C=O) groups is 1. The topological polar surface area (TPSA) is 106 Å². The van der Waals surface area contributed by atoms with Gasteiger partial charge in [-0.3, -0.25) is 4.79 Å². The van der Waals surface area contributed by atoms with E-state index in [1.807, 2.05) is 6.92 Å². The highest BCUT2D eigenvalue weighted by atomic mass is 16.5. The lowest BCUT2D eigenvalue weighted by Crippen LogP contribution is -2.36. The standard InChI is InChI=1S/C10H18N6O2/c1-4-5-12-7(17)6-16(2)9-13-8(11)14-10(15-9)18-3/h4-6H2,1-3H3,(H,12,17)(H2,11,13,14,15). The smallest absolute Gasteiger partial charge is 0.322 e. The zero-order chi connectivity index (χ0) is 13.5. The number of hydrogen-bond donors (Lipinski definition) is 2. The molecule has 1 aromatic heterocycles. The summed E-state index contributed by atoms with van der Waals surface area (Å²) in [6, 6.07) is 0.123. The molecule has 0 aliphatic carbocycles. The number of anilines is 2. The lowest BCUT2D eigenvalue weighted by molar-refractivity contribution is -0.119. The largest absolute Gasteiger partial charge is 0.467 e. The Bertz CT molecular complexity index is 411. The van der Waals surface area contributed by atoms with E-state index >= 15 is 0 Å². The Morgan fingerprint density at radius 3 is 2.78 bits per heavy atom. The monoisotopic (exact) mass is 254 g/mol. The van der Waals surface area contributed by atoms with Crippen LogP contribution in [0.1, 0.15) is 13.3 Å². The Hall–Kier alpha value is -2.12. The second kappa shape index (κ2) is 6.58. The third-order valence-corrected chi connectivity index (χ3v) is 2.10. The number of likely N-dealkylation sites (N-methyl/N-ethyl adjacent to an activating group) is 1. The molecule has 8 nitrogen and oxygen atoms in total. The molecule has 1 aromatic rings. The molecule has 0 spiro atoms. The first-order valence-electron chi connectivity index (χ1n) is 5.60. The van der Waals surface area contributed by atoms with Gasteiger partial charge in [0.05, 0.1) is 13.7 Å². The molecule has 0 saturated carbocycles. The SMILES string of the molecule is CCCNC(=O)CN(C)c1nc(N)nc(OC)n1. The van der Waals surface area contributed by atoms with Crippen molar-refractivity contribution in [2.45, 2.75) is 13.3 Å². The first-order chi connectivity index (χ1) is 8.56. The van der Waals surface area contributed by atoms with Crippen molar-refractivity contribution in [3.8, 4) is 6.01 Å². The summed E-state index contributed by atoms with van der Waals surface area (Å²) < 4.78 is 4.89. The van der Waals surface area contributed by atoms with E-state index in [1.54, 1.807) is 11.9 Å². The summed E-state index contributed by atoms with van der Waals surface area (Å²) in [5.41, 5.74) is 5.51. The first-order valence-corrected chi connectivity index (χ1v) is 5.60. The average Bonchev–Trinajstić information content (AvgIpc) is 2.35. The van der Waals surface area contributed by atoms with E-state index in [2.05, 4.69) is 20.3 Å². The summed E-state index contributed by atoms with van der Waals surface area (Å²) in [7, 11) is 3.13. The van der Waals surface area contributed by atoms with Gasteiger partial charge < -0.3 is 20.7 Å². The molecule has 18 heavy (non-hydrogen) atoms. The number of amides is 1. The van der Waals surface area contributed by atoms with Gasteiger partial charge in [0.2, 0.25) is 17.8 Å². The van der Waals surface area contributed by atoms with Crippen LogP contribution in [-0.2, 0) is 4.79 Å².